The summed E-state index contributed by atoms with van der Waals surface area (Å²) < 4.78 is 28.8. The van der Waals surface area contributed by atoms with Crippen LogP contribution >= 0.6 is 0 Å². The fourth-order valence-corrected chi connectivity index (χ4v) is 3.62. The van der Waals surface area contributed by atoms with Crippen molar-refractivity contribution in [2.75, 3.05) is 34.5 Å². The Morgan fingerprint density at radius 3 is 1.38 bits per heavy atom. The maximum atomic E-state index is 5.98. The van der Waals surface area contributed by atoms with Gasteiger partial charge >= 0.3 is 0 Å². The number of hydrogen-bond acceptors (Lipinski definition) is 5. The van der Waals surface area contributed by atoms with Crippen LogP contribution in [0.4, 0.5) is 0 Å². The van der Waals surface area contributed by atoms with Crippen LogP contribution in [-0.2, 0) is 32.2 Å². The molecule has 3 aromatic rings. The van der Waals surface area contributed by atoms with Crippen LogP contribution in [0, 0.1) is 0 Å². The molecule has 0 aliphatic heterocycles. The van der Waals surface area contributed by atoms with Gasteiger partial charge in [-0.1, -0.05) is 78.9 Å². The van der Waals surface area contributed by atoms with Crippen LogP contribution in [0.25, 0.3) is 0 Å². The van der Waals surface area contributed by atoms with E-state index < -0.39 is 0 Å². The van der Waals surface area contributed by atoms with E-state index in [4.69, 9.17) is 23.7 Å². The summed E-state index contributed by atoms with van der Waals surface area (Å²) in [4.78, 5) is 0. The van der Waals surface area contributed by atoms with Gasteiger partial charge in [0.25, 0.3) is 0 Å². The smallest absolute Gasteiger partial charge is 0.129 e. The molecule has 0 aliphatic rings. The van der Waals surface area contributed by atoms with Crippen LogP contribution in [0.5, 0.6) is 5.75 Å². The highest BCUT2D eigenvalue weighted by Gasteiger charge is 2.15. The summed E-state index contributed by atoms with van der Waals surface area (Å²) in [7, 11) is 5.07. The van der Waals surface area contributed by atoms with Gasteiger partial charge in [-0.2, -0.15) is 0 Å². The second-order valence-corrected chi connectivity index (χ2v) is 7.41. The molecule has 0 radical (unpaired) electrons. The Balaban J connectivity index is 1.57. The Morgan fingerprint density at radius 1 is 0.562 bits per heavy atom. The lowest BCUT2D eigenvalue weighted by atomic mass is 10.1. The van der Waals surface area contributed by atoms with Crippen molar-refractivity contribution in [3.8, 4) is 5.75 Å². The van der Waals surface area contributed by atoms with Crippen LogP contribution in [0.1, 0.15) is 34.5 Å². The van der Waals surface area contributed by atoms with Gasteiger partial charge in [-0.3, -0.25) is 0 Å². The summed E-state index contributed by atoms with van der Waals surface area (Å²) in [6.45, 7) is 1.76. The van der Waals surface area contributed by atoms with E-state index in [0.29, 0.717) is 26.4 Å². The molecule has 170 valence electrons. The highest BCUT2D eigenvalue weighted by molar-refractivity contribution is 5.41. The van der Waals surface area contributed by atoms with E-state index in [1.54, 1.807) is 21.3 Å². The molecular weight excluding hydrogens is 404 g/mol. The van der Waals surface area contributed by atoms with E-state index in [1.165, 1.54) is 0 Å². The molecule has 5 nitrogen and oxygen atoms in total. The normalized spacial score (nSPS) is 13.0. The molecule has 0 bridgehead atoms. The molecule has 0 aromatic heterocycles. The van der Waals surface area contributed by atoms with Crippen LogP contribution in [0.3, 0.4) is 0 Å². The fraction of sp³-hybridized carbons (Fsp3) is 0.333. The first-order valence-corrected chi connectivity index (χ1v) is 10.7. The molecule has 0 unspecified atom stereocenters. The van der Waals surface area contributed by atoms with Gasteiger partial charge < -0.3 is 23.7 Å². The van der Waals surface area contributed by atoms with Crippen molar-refractivity contribution < 1.29 is 23.7 Å². The minimum atomic E-state index is -0.113. The lowest BCUT2D eigenvalue weighted by molar-refractivity contribution is -0.00153. The lowest BCUT2D eigenvalue weighted by Crippen LogP contribution is -2.11. The van der Waals surface area contributed by atoms with Gasteiger partial charge in [-0.15, -0.1) is 0 Å². The van der Waals surface area contributed by atoms with Crippen molar-refractivity contribution in [1.82, 2.24) is 0 Å². The minimum Gasteiger partial charge on any atom is -0.496 e. The third kappa shape index (κ3) is 6.65. The monoisotopic (exact) mass is 436 g/mol. The largest absolute Gasteiger partial charge is 0.496 e. The summed E-state index contributed by atoms with van der Waals surface area (Å²) in [5, 5.41) is 0. The fourth-order valence-electron chi connectivity index (χ4n) is 3.62. The third-order valence-electron chi connectivity index (χ3n) is 5.35. The molecule has 3 aromatic carbocycles. The van der Waals surface area contributed by atoms with E-state index in [1.807, 2.05) is 78.9 Å². The van der Waals surface area contributed by atoms with Crippen LogP contribution < -0.4 is 4.74 Å². The number of benzene rings is 3. The lowest BCUT2D eigenvalue weighted by Gasteiger charge is -2.19. The number of methoxy groups -OCH3 is 3. The van der Waals surface area contributed by atoms with E-state index in [9.17, 15) is 0 Å². The first-order valence-electron chi connectivity index (χ1n) is 10.7. The number of para-hydroxylation sites is 1. The highest BCUT2D eigenvalue weighted by Crippen LogP contribution is 2.27. The Bertz CT molecular complexity index is 842. The standard InChI is InChI=1S/C27H32O5/c1-28-25(21-11-6-4-7-12-21)19-31-17-23-15-10-16-24(27(23)30-3)18-32-20-26(29-2)22-13-8-5-9-14-22/h4-16,25-26H,17-20H2,1-3H3/t25-,26-/m0/s1. The van der Waals surface area contributed by atoms with Crippen molar-refractivity contribution in [2.24, 2.45) is 0 Å². The second kappa shape index (κ2) is 13.0. The molecule has 0 spiro atoms. The predicted octanol–water partition coefficient (Wildman–Crippen LogP) is 5.50. The summed E-state index contributed by atoms with van der Waals surface area (Å²) in [5.41, 5.74) is 4.14. The van der Waals surface area contributed by atoms with E-state index in [0.717, 1.165) is 28.0 Å². The predicted molar refractivity (Wildman–Crippen MR) is 125 cm³/mol. The zero-order valence-electron chi connectivity index (χ0n) is 19.0. The van der Waals surface area contributed by atoms with Crippen LogP contribution in [-0.4, -0.2) is 34.5 Å². The molecule has 0 aliphatic carbocycles. The van der Waals surface area contributed by atoms with E-state index >= 15 is 0 Å². The molecule has 3 rings (SSSR count). The first-order chi connectivity index (χ1) is 15.8. The highest BCUT2D eigenvalue weighted by atomic mass is 16.5. The second-order valence-electron chi connectivity index (χ2n) is 7.41. The maximum Gasteiger partial charge on any atom is 0.129 e. The maximum absolute atomic E-state index is 5.98. The third-order valence-corrected chi connectivity index (χ3v) is 5.35. The van der Waals surface area contributed by atoms with Gasteiger partial charge in [0, 0.05) is 25.3 Å². The molecule has 0 saturated carbocycles. The van der Waals surface area contributed by atoms with Crippen molar-refractivity contribution in [1.29, 1.82) is 0 Å². The van der Waals surface area contributed by atoms with Gasteiger partial charge in [0.05, 0.1) is 33.5 Å². The van der Waals surface area contributed by atoms with Crippen molar-refractivity contribution in [2.45, 2.75) is 25.4 Å². The Hall–Kier alpha value is -2.70. The summed E-state index contributed by atoms with van der Waals surface area (Å²) in [6, 6.07) is 26.2. The van der Waals surface area contributed by atoms with Crippen LogP contribution in [0.2, 0.25) is 0 Å². The molecule has 0 amide bonds. The van der Waals surface area contributed by atoms with Gasteiger partial charge in [0.2, 0.25) is 0 Å². The molecule has 0 N–H and O–H groups in total. The molecule has 2 atom stereocenters. The van der Waals surface area contributed by atoms with Gasteiger partial charge in [0.15, 0.2) is 0 Å². The zero-order chi connectivity index (χ0) is 22.6. The van der Waals surface area contributed by atoms with Gasteiger partial charge in [-0.25, -0.2) is 0 Å². The summed E-state index contributed by atoms with van der Waals surface area (Å²) >= 11 is 0. The van der Waals surface area contributed by atoms with Crippen molar-refractivity contribution in [3.63, 3.8) is 0 Å². The number of hydrogen-bond donors (Lipinski definition) is 0. The minimum absolute atomic E-state index is 0.113. The molecule has 5 heteroatoms. The molecule has 32 heavy (non-hydrogen) atoms. The summed E-state index contributed by atoms with van der Waals surface area (Å²) in [5.74, 6) is 0.787. The van der Waals surface area contributed by atoms with E-state index in [2.05, 4.69) is 0 Å². The molecule has 0 heterocycles. The average molecular weight is 437 g/mol. The zero-order valence-corrected chi connectivity index (χ0v) is 19.0. The Morgan fingerprint density at radius 2 is 1.00 bits per heavy atom. The molecule has 0 fully saturated rings. The molecular formula is C27H32O5. The van der Waals surface area contributed by atoms with Gasteiger partial charge in [0.1, 0.15) is 18.0 Å². The van der Waals surface area contributed by atoms with Crippen LogP contribution in [0.15, 0.2) is 78.9 Å². The SMILES string of the molecule is COc1c(COC[C@H](OC)c2ccccc2)cccc1COC[C@H](OC)c1ccccc1. The average Bonchev–Trinajstić information content (AvgIpc) is 2.85. The van der Waals surface area contributed by atoms with Gasteiger partial charge in [-0.05, 0) is 11.1 Å². The Labute approximate surface area is 190 Å². The quantitative estimate of drug-likeness (QED) is 0.354. The first kappa shape index (κ1) is 24.0. The molecule has 0 saturated heterocycles. The topological polar surface area (TPSA) is 46.2 Å². The van der Waals surface area contributed by atoms with E-state index in [-0.39, 0.29) is 12.2 Å². The Kier molecular flexibility index (Phi) is 9.72. The number of ether oxygens (including phenoxy) is 5. The van der Waals surface area contributed by atoms with Crippen molar-refractivity contribution in [3.05, 3.63) is 101 Å². The van der Waals surface area contributed by atoms with Crippen molar-refractivity contribution >= 4 is 0 Å². The number of rotatable bonds is 13. The summed E-state index contributed by atoms with van der Waals surface area (Å²) in [6.07, 6.45) is -0.227.